The molecule has 16 atom stereocenters. The zero-order chi connectivity index (χ0) is 41.2. The van der Waals surface area contributed by atoms with E-state index in [0.29, 0.717) is 12.7 Å². The Hall–Kier alpha value is -2.80. The van der Waals surface area contributed by atoms with Crippen molar-refractivity contribution in [3.8, 4) is 0 Å². The topological polar surface area (TPSA) is 206 Å². The van der Waals surface area contributed by atoms with Gasteiger partial charge in [0, 0.05) is 40.2 Å². The van der Waals surface area contributed by atoms with Crippen LogP contribution in [0.5, 0.6) is 0 Å². The van der Waals surface area contributed by atoms with E-state index in [9.17, 15) is 34.5 Å². The Balaban J connectivity index is 1.98. The lowest BCUT2D eigenvalue weighted by Crippen LogP contribution is -2.66. The Labute approximate surface area is 324 Å². The molecule has 16 nitrogen and oxygen atoms in total. The van der Waals surface area contributed by atoms with Crippen LogP contribution in [0.4, 0.5) is 0 Å². The number of methoxy groups -OCH3 is 1. The molecule has 0 aliphatic carbocycles. The zero-order valence-corrected chi connectivity index (χ0v) is 33.8. The van der Waals surface area contributed by atoms with E-state index in [0.717, 1.165) is 0 Å². The van der Waals surface area contributed by atoms with Crippen LogP contribution < -0.4 is 0 Å². The summed E-state index contributed by atoms with van der Waals surface area (Å²) in [5, 5.41) is 34.7. The molecule has 0 bridgehead atoms. The number of aldehydes is 1. The third-order valence-corrected chi connectivity index (χ3v) is 10.4. The maximum atomic E-state index is 12.9. The summed E-state index contributed by atoms with van der Waals surface area (Å²) in [7, 11) is 4.82. The molecule has 0 spiro atoms. The Morgan fingerprint density at radius 1 is 0.982 bits per heavy atom. The van der Waals surface area contributed by atoms with Crippen molar-refractivity contribution in [2.45, 2.75) is 166 Å². The zero-order valence-electron chi connectivity index (χ0n) is 33.8. The number of hydrogen-bond acceptors (Lipinski definition) is 16. The highest BCUT2D eigenvalue weighted by atomic mass is 16.7. The average molecular weight is 786 g/mol. The Morgan fingerprint density at radius 2 is 1.65 bits per heavy atom. The molecule has 2 fully saturated rings. The van der Waals surface area contributed by atoms with Crippen LogP contribution in [-0.4, -0.2) is 151 Å². The first-order valence-electron chi connectivity index (χ1n) is 19.0. The van der Waals surface area contributed by atoms with Gasteiger partial charge in [0.25, 0.3) is 0 Å². The van der Waals surface area contributed by atoms with Crippen molar-refractivity contribution in [1.29, 1.82) is 0 Å². The molecule has 3 aliphatic rings. The van der Waals surface area contributed by atoms with Gasteiger partial charge in [0.1, 0.15) is 42.4 Å². The predicted molar refractivity (Wildman–Crippen MR) is 196 cm³/mol. The van der Waals surface area contributed by atoms with Crippen molar-refractivity contribution < 1.29 is 72.4 Å². The highest BCUT2D eigenvalue weighted by Crippen LogP contribution is 2.37. The molecule has 0 aromatic heterocycles. The number of cyclic esters (lactones) is 1. The molecule has 16 heteroatoms. The third kappa shape index (κ3) is 13.1. The molecule has 0 radical (unpaired) electrons. The number of ether oxygens (including phenoxy) is 8. The molecule has 0 unspecified atom stereocenters. The molecule has 3 heterocycles. The van der Waals surface area contributed by atoms with Gasteiger partial charge < -0.3 is 62.9 Å². The number of esters is 3. The standard InChI is InChI=1S/C39H63NO15/c1-21-18-27(16-17-41)35(36(48-10)28(44)19-30(45)49-22(2)14-12-11-13-15-29(21)52-25(5)42)55-38-33(46)32(40(8)9)34(23(3)51-38)54-31-20-39(7,47)37(24(4)50-31)53-26(6)43/h11-13,15,17,21-24,27-29,31-38,44,46-47H,14,16,18-20H2,1-10H3/b12-11+,15-13+/t21-,22-,23-,24+,27+,28-,29+,31+,32-,33-,34-,35+,36+,37+,38+,39-/m1/s1. The number of carbonyl (C=O) groups excluding carboxylic acids is 4. The minimum Gasteiger partial charge on any atom is -0.462 e. The van der Waals surface area contributed by atoms with E-state index in [1.54, 1.807) is 58.0 Å². The van der Waals surface area contributed by atoms with E-state index in [2.05, 4.69) is 0 Å². The van der Waals surface area contributed by atoms with Crippen LogP contribution in [0.25, 0.3) is 0 Å². The molecule has 0 amide bonds. The van der Waals surface area contributed by atoms with Crippen LogP contribution in [-0.2, 0) is 57.1 Å². The van der Waals surface area contributed by atoms with Crippen molar-refractivity contribution in [3.05, 3.63) is 24.3 Å². The van der Waals surface area contributed by atoms with Crippen LogP contribution >= 0.6 is 0 Å². The lowest BCUT2D eigenvalue weighted by molar-refractivity contribution is -0.344. The first kappa shape index (κ1) is 46.6. The summed E-state index contributed by atoms with van der Waals surface area (Å²) in [6.45, 7) is 11.1. The van der Waals surface area contributed by atoms with Crippen molar-refractivity contribution in [2.75, 3.05) is 21.2 Å². The average Bonchev–Trinajstić information content (AvgIpc) is 3.06. The molecule has 3 aliphatic heterocycles. The largest absolute Gasteiger partial charge is 0.462 e. The van der Waals surface area contributed by atoms with Crippen LogP contribution in [0, 0.1) is 11.8 Å². The number of likely N-dealkylation sites (N-methyl/N-ethyl adjacent to an activating group) is 1. The first-order chi connectivity index (χ1) is 25.8. The van der Waals surface area contributed by atoms with E-state index in [-0.39, 0.29) is 25.2 Å². The minimum atomic E-state index is -1.49. The van der Waals surface area contributed by atoms with E-state index >= 15 is 0 Å². The first-order valence-corrected chi connectivity index (χ1v) is 19.0. The monoisotopic (exact) mass is 785 g/mol. The van der Waals surface area contributed by atoms with E-state index < -0.39 is 116 Å². The second-order valence-electron chi connectivity index (χ2n) is 15.5. The van der Waals surface area contributed by atoms with Crippen molar-refractivity contribution in [3.63, 3.8) is 0 Å². The van der Waals surface area contributed by atoms with Gasteiger partial charge in [-0.1, -0.05) is 25.2 Å². The molecular weight excluding hydrogens is 722 g/mol. The minimum absolute atomic E-state index is 0.0449. The number of hydrogen-bond donors (Lipinski definition) is 3. The van der Waals surface area contributed by atoms with Crippen molar-refractivity contribution in [1.82, 2.24) is 4.90 Å². The number of allylic oxidation sites excluding steroid dienone is 2. The van der Waals surface area contributed by atoms with Gasteiger partial charge in [-0.3, -0.25) is 14.4 Å². The molecule has 3 rings (SSSR count). The van der Waals surface area contributed by atoms with Crippen LogP contribution in [0.2, 0.25) is 0 Å². The smallest absolute Gasteiger partial charge is 0.308 e. The maximum absolute atomic E-state index is 12.9. The lowest BCUT2D eigenvalue weighted by Gasteiger charge is -2.50. The number of aliphatic hydroxyl groups is 3. The molecule has 0 saturated carbocycles. The van der Waals surface area contributed by atoms with Gasteiger partial charge in [0.2, 0.25) is 0 Å². The molecule has 0 aromatic carbocycles. The highest BCUT2D eigenvalue weighted by molar-refractivity contribution is 5.70. The molecule has 0 aromatic rings. The summed E-state index contributed by atoms with van der Waals surface area (Å²) in [5.41, 5.74) is -1.49. The Bertz CT molecular complexity index is 1320. The van der Waals surface area contributed by atoms with Gasteiger partial charge in [0.15, 0.2) is 18.7 Å². The number of aliphatic hydroxyl groups excluding tert-OH is 2. The van der Waals surface area contributed by atoms with Crippen molar-refractivity contribution >= 4 is 24.2 Å². The molecule has 2 saturated heterocycles. The summed E-state index contributed by atoms with van der Waals surface area (Å²) in [4.78, 5) is 50.7. The van der Waals surface area contributed by atoms with Crippen LogP contribution in [0.15, 0.2) is 24.3 Å². The van der Waals surface area contributed by atoms with Crippen molar-refractivity contribution in [2.24, 2.45) is 11.8 Å². The summed E-state index contributed by atoms with van der Waals surface area (Å²) >= 11 is 0. The normalized spacial score (nSPS) is 42.1. The summed E-state index contributed by atoms with van der Waals surface area (Å²) in [5.74, 6) is -2.78. The second-order valence-corrected chi connectivity index (χ2v) is 15.5. The fourth-order valence-electron chi connectivity index (χ4n) is 7.77. The summed E-state index contributed by atoms with van der Waals surface area (Å²) in [6, 6.07) is -0.771. The summed E-state index contributed by atoms with van der Waals surface area (Å²) in [6.07, 6.45) is -4.13. The summed E-state index contributed by atoms with van der Waals surface area (Å²) < 4.78 is 47.6. The van der Waals surface area contributed by atoms with E-state index in [1.807, 2.05) is 13.0 Å². The Morgan fingerprint density at radius 3 is 2.24 bits per heavy atom. The van der Waals surface area contributed by atoms with Gasteiger partial charge in [-0.25, -0.2) is 0 Å². The third-order valence-electron chi connectivity index (χ3n) is 10.4. The van der Waals surface area contributed by atoms with Crippen LogP contribution in [0.3, 0.4) is 0 Å². The number of nitrogens with zero attached hydrogens (tertiary/aromatic N) is 1. The fraction of sp³-hybridized carbons (Fsp3) is 0.795. The fourth-order valence-corrected chi connectivity index (χ4v) is 7.77. The van der Waals surface area contributed by atoms with E-state index in [4.69, 9.17) is 37.9 Å². The molecule has 314 valence electrons. The van der Waals surface area contributed by atoms with E-state index in [1.165, 1.54) is 27.9 Å². The van der Waals surface area contributed by atoms with Crippen LogP contribution in [0.1, 0.15) is 80.6 Å². The second kappa shape index (κ2) is 21.1. The number of rotatable bonds is 10. The molecule has 3 N–H and O–H groups in total. The quantitative estimate of drug-likeness (QED) is 0.165. The lowest BCUT2D eigenvalue weighted by atomic mass is 9.82. The van der Waals surface area contributed by atoms with Gasteiger partial charge in [-0.15, -0.1) is 0 Å². The molecular formula is C39H63NO15. The van der Waals surface area contributed by atoms with Gasteiger partial charge in [0.05, 0.1) is 36.9 Å². The number of carbonyl (C=O) groups is 4. The van der Waals surface area contributed by atoms with Gasteiger partial charge in [-0.05, 0) is 66.1 Å². The van der Waals surface area contributed by atoms with Gasteiger partial charge >= 0.3 is 17.9 Å². The Kier molecular flexibility index (Phi) is 17.9. The highest BCUT2D eigenvalue weighted by Gasteiger charge is 2.52. The SMILES string of the molecule is CO[C@@H]1[C@@H](O[C@@H]2O[C@H](C)[C@@H](O[C@H]3C[C@@](C)(O)[C@@H](OC(C)=O)[C@H](C)O3)[C@H](N(C)C)[C@H]2O)[C@@H](CC=O)C[C@@H](C)[C@@H](OC(C)=O)/C=C/C=C/C[C@@H](C)OC(=O)C[C@H]1O. The maximum Gasteiger partial charge on any atom is 0.308 e. The predicted octanol–water partition coefficient (Wildman–Crippen LogP) is 1.99. The molecule has 55 heavy (non-hydrogen) atoms. The van der Waals surface area contributed by atoms with Gasteiger partial charge in [-0.2, -0.15) is 0 Å².